The maximum atomic E-state index is 12.7. The molecule has 3 aromatic carbocycles. The van der Waals surface area contributed by atoms with Crippen molar-refractivity contribution in [1.29, 1.82) is 5.26 Å². The molecule has 0 radical (unpaired) electrons. The van der Waals surface area contributed by atoms with Crippen LogP contribution in [0.3, 0.4) is 0 Å². The lowest BCUT2D eigenvalue weighted by atomic mass is 10.1. The van der Waals surface area contributed by atoms with Gasteiger partial charge in [-0.25, -0.2) is 0 Å². The van der Waals surface area contributed by atoms with Crippen LogP contribution in [0.25, 0.3) is 6.08 Å². The van der Waals surface area contributed by atoms with Crippen LogP contribution in [0.1, 0.15) is 22.3 Å². The first-order chi connectivity index (χ1) is 14.9. The van der Waals surface area contributed by atoms with E-state index in [1.807, 2.05) is 62.4 Å². The van der Waals surface area contributed by atoms with Crippen LogP contribution in [-0.2, 0) is 11.4 Å². The molecule has 0 heterocycles. The highest BCUT2D eigenvalue weighted by Gasteiger charge is 2.13. The van der Waals surface area contributed by atoms with Crippen molar-refractivity contribution in [3.05, 3.63) is 98.0 Å². The molecule has 0 bridgehead atoms. The molecule has 6 heteroatoms. The number of amides is 1. The molecule has 156 valence electrons. The van der Waals surface area contributed by atoms with Crippen LogP contribution in [0.4, 0.5) is 5.69 Å². The Morgan fingerprint density at radius 3 is 2.68 bits per heavy atom. The predicted octanol–water partition coefficient (Wildman–Crippen LogP) is 6.84. The molecule has 0 aliphatic carbocycles. The van der Waals surface area contributed by atoms with Crippen LogP contribution in [0.5, 0.6) is 5.75 Å². The third-order valence-corrected chi connectivity index (χ3v) is 5.28. The molecule has 1 N–H and O–H groups in total. The van der Waals surface area contributed by atoms with Crippen molar-refractivity contribution in [2.75, 3.05) is 5.32 Å². The Labute approximate surface area is 195 Å². The van der Waals surface area contributed by atoms with Crippen molar-refractivity contribution >= 4 is 45.2 Å². The SMILES string of the molecule is Cc1ccc(NC(=O)/C(C#N)=C/c2cc(Br)ccc2OCc2cccc(Cl)c2)c(C)c1. The Kier molecular flexibility index (Phi) is 7.51. The van der Waals surface area contributed by atoms with Crippen LogP contribution < -0.4 is 10.1 Å². The molecule has 0 aromatic heterocycles. The van der Waals surface area contributed by atoms with Crippen molar-refractivity contribution in [3.63, 3.8) is 0 Å². The van der Waals surface area contributed by atoms with Crippen molar-refractivity contribution < 1.29 is 9.53 Å². The number of ether oxygens (including phenoxy) is 1. The van der Waals surface area contributed by atoms with E-state index < -0.39 is 5.91 Å². The second kappa shape index (κ2) is 10.3. The van der Waals surface area contributed by atoms with Crippen molar-refractivity contribution in [2.24, 2.45) is 0 Å². The van der Waals surface area contributed by atoms with Gasteiger partial charge in [0.05, 0.1) is 0 Å². The third-order valence-electron chi connectivity index (χ3n) is 4.55. The van der Waals surface area contributed by atoms with E-state index in [1.165, 1.54) is 6.08 Å². The van der Waals surface area contributed by atoms with Crippen LogP contribution >= 0.6 is 27.5 Å². The summed E-state index contributed by atoms with van der Waals surface area (Å²) in [5, 5.41) is 13.0. The van der Waals surface area contributed by atoms with E-state index >= 15 is 0 Å². The van der Waals surface area contributed by atoms with Gasteiger partial charge in [-0.2, -0.15) is 5.26 Å². The first-order valence-corrected chi connectivity index (χ1v) is 10.7. The van der Waals surface area contributed by atoms with E-state index in [0.29, 0.717) is 28.6 Å². The maximum absolute atomic E-state index is 12.7. The number of carbonyl (C=O) groups excluding carboxylic acids is 1. The molecule has 1 amide bonds. The van der Waals surface area contributed by atoms with Gasteiger partial charge in [-0.15, -0.1) is 0 Å². The summed E-state index contributed by atoms with van der Waals surface area (Å²) in [4.78, 5) is 12.7. The van der Waals surface area contributed by atoms with Gasteiger partial charge < -0.3 is 10.1 Å². The highest BCUT2D eigenvalue weighted by atomic mass is 79.9. The van der Waals surface area contributed by atoms with Gasteiger partial charge in [-0.05, 0) is 67.4 Å². The number of hydrogen-bond donors (Lipinski definition) is 1. The molecular weight excluding hydrogens is 476 g/mol. The first-order valence-electron chi connectivity index (χ1n) is 9.53. The number of halogens is 2. The molecule has 3 rings (SSSR count). The van der Waals surface area contributed by atoms with Gasteiger partial charge in [0.15, 0.2) is 0 Å². The average Bonchev–Trinajstić information content (AvgIpc) is 2.73. The smallest absolute Gasteiger partial charge is 0.266 e. The molecule has 0 atom stereocenters. The number of nitriles is 1. The number of nitrogens with zero attached hydrogens (tertiary/aromatic N) is 1. The zero-order chi connectivity index (χ0) is 22.4. The average molecular weight is 496 g/mol. The predicted molar refractivity (Wildman–Crippen MR) is 128 cm³/mol. The lowest BCUT2D eigenvalue weighted by Crippen LogP contribution is -2.14. The van der Waals surface area contributed by atoms with Crippen molar-refractivity contribution in [1.82, 2.24) is 0 Å². The number of carbonyl (C=O) groups is 1. The first kappa shape index (κ1) is 22.6. The summed E-state index contributed by atoms with van der Waals surface area (Å²) in [6, 6.07) is 20.5. The summed E-state index contributed by atoms with van der Waals surface area (Å²) in [5.74, 6) is 0.0745. The highest BCUT2D eigenvalue weighted by molar-refractivity contribution is 9.10. The van der Waals surface area contributed by atoms with E-state index in [0.717, 1.165) is 21.2 Å². The molecule has 0 spiro atoms. The molecular formula is C25H20BrClN2O2. The minimum absolute atomic E-state index is 0.0225. The lowest BCUT2D eigenvalue weighted by molar-refractivity contribution is -0.112. The summed E-state index contributed by atoms with van der Waals surface area (Å²) in [6.45, 7) is 4.20. The van der Waals surface area contributed by atoms with Crippen LogP contribution in [0.15, 0.2) is 70.7 Å². The molecule has 0 aliphatic heterocycles. The monoisotopic (exact) mass is 494 g/mol. The van der Waals surface area contributed by atoms with Gasteiger partial charge in [-0.3, -0.25) is 4.79 Å². The molecule has 31 heavy (non-hydrogen) atoms. The van der Waals surface area contributed by atoms with Crippen molar-refractivity contribution in [2.45, 2.75) is 20.5 Å². The van der Waals surface area contributed by atoms with E-state index in [4.69, 9.17) is 16.3 Å². The van der Waals surface area contributed by atoms with Crippen molar-refractivity contribution in [3.8, 4) is 11.8 Å². The Morgan fingerprint density at radius 2 is 1.97 bits per heavy atom. The Balaban J connectivity index is 1.84. The largest absolute Gasteiger partial charge is 0.488 e. The van der Waals surface area contributed by atoms with E-state index in [1.54, 1.807) is 18.2 Å². The van der Waals surface area contributed by atoms with Gasteiger partial charge in [0, 0.05) is 20.7 Å². The zero-order valence-electron chi connectivity index (χ0n) is 17.1. The second-order valence-corrected chi connectivity index (χ2v) is 8.40. The number of aryl methyl sites for hydroxylation is 2. The van der Waals surface area contributed by atoms with Gasteiger partial charge in [0.2, 0.25) is 0 Å². The molecule has 4 nitrogen and oxygen atoms in total. The summed E-state index contributed by atoms with van der Waals surface area (Å²) in [5.41, 5.74) is 4.21. The molecule has 0 saturated carbocycles. The quantitative estimate of drug-likeness (QED) is 0.301. The fourth-order valence-electron chi connectivity index (χ4n) is 3.00. The number of hydrogen-bond acceptors (Lipinski definition) is 3. The fourth-order valence-corrected chi connectivity index (χ4v) is 3.59. The third kappa shape index (κ3) is 6.21. The molecule has 0 unspecified atom stereocenters. The number of anilines is 1. The molecule has 0 fully saturated rings. The summed E-state index contributed by atoms with van der Waals surface area (Å²) < 4.78 is 6.75. The van der Waals surface area contributed by atoms with E-state index in [9.17, 15) is 10.1 Å². The number of benzene rings is 3. The molecule has 0 aliphatic rings. The van der Waals surface area contributed by atoms with E-state index in [2.05, 4.69) is 21.2 Å². The minimum atomic E-state index is -0.477. The Hall–Kier alpha value is -3.07. The molecule has 0 saturated heterocycles. The van der Waals surface area contributed by atoms with Gasteiger partial charge in [-0.1, -0.05) is 57.4 Å². The number of nitrogens with one attached hydrogen (secondary N) is 1. The topological polar surface area (TPSA) is 62.1 Å². The normalized spacial score (nSPS) is 11.0. The summed E-state index contributed by atoms with van der Waals surface area (Å²) in [7, 11) is 0. The lowest BCUT2D eigenvalue weighted by Gasteiger charge is -2.11. The zero-order valence-corrected chi connectivity index (χ0v) is 19.4. The fraction of sp³-hybridized carbons (Fsp3) is 0.120. The second-order valence-electron chi connectivity index (χ2n) is 7.04. The van der Waals surface area contributed by atoms with Gasteiger partial charge >= 0.3 is 0 Å². The maximum Gasteiger partial charge on any atom is 0.266 e. The van der Waals surface area contributed by atoms with Gasteiger partial charge in [0.1, 0.15) is 24.0 Å². The highest BCUT2D eigenvalue weighted by Crippen LogP contribution is 2.27. The van der Waals surface area contributed by atoms with Crippen LogP contribution in [0, 0.1) is 25.2 Å². The number of rotatable bonds is 6. The van der Waals surface area contributed by atoms with E-state index in [-0.39, 0.29) is 5.57 Å². The minimum Gasteiger partial charge on any atom is -0.488 e. The van der Waals surface area contributed by atoms with Crippen LogP contribution in [-0.4, -0.2) is 5.91 Å². The Bertz CT molecular complexity index is 1200. The Morgan fingerprint density at radius 1 is 1.16 bits per heavy atom. The molecule has 3 aromatic rings. The summed E-state index contributed by atoms with van der Waals surface area (Å²) >= 11 is 9.47. The summed E-state index contributed by atoms with van der Waals surface area (Å²) in [6.07, 6.45) is 1.52. The standard InChI is InChI=1S/C25H20BrClN2O2/c1-16-6-8-23(17(2)10-16)29-25(30)20(14-28)12-19-13-21(26)7-9-24(19)31-15-18-4-3-5-22(27)11-18/h3-13H,15H2,1-2H3,(H,29,30)/b20-12+. The van der Waals surface area contributed by atoms with Gasteiger partial charge in [0.25, 0.3) is 5.91 Å². The van der Waals surface area contributed by atoms with Crippen LogP contribution in [0.2, 0.25) is 5.02 Å².